The minimum Gasteiger partial charge on any atom is -0.459 e. The zero-order chi connectivity index (χ0) is 12.3. The first kappa shape index (κ1) is 11.6. The van der Waals surface area contributed by atoms with Gasteiger partial charge < -0.3 is 20.6 Å². The molecule has 0 aliphatic heterocycles. The highest BCUT2D eigenvalue weighted by Crippen LogP contribution is 2.24. The summed E-state index contributed by atoms with van der Waals surface area (Å²) in [6.45, 7) is -0.106. The summed E-state index contributed by atoms with van der Waals surface area (Å²) >= 11 is 4.77. The number of nitrogens with one attached hydrogen (secondary N) is 1. The molecule has 0 unspecified atom stereocenters. The molecule has 17 heavy (non-hydrogen) atoms. The molecule has 0 saturated carbocycles. The molecule has 0 radical (unpaired) electrons. The normalized spacial score (nSPS) is 10.2. The Morgan fingerprint density at radius 3 is 2.82 bits per heavy atom. The van der Waals surface area contributed by atoms with Crippen molar-refractivity contribution in [2.45, 2.75) is 6.61 Å². The van der Waals surface area contributed by atoms with Crippen molar-refractivity contribution in [3.8, 4) is 11.3 Å². The lowest BCUT2D eigenvalue weighted by Crippen LogP contribution is -2.18. The Morgan fingerprint density at radius 1 is 1.35 bits per heavy atom. The number of hydrogen-bond acceptors (Lipinski definition) is 3. The second-order valence-electron chi connectivity index (χ2n) is 3.49. The van der Waals surface area contributed by atoms with Gasteiger partial charge in [0.2, 0.25) is 0 Å². The lowest BCUT2D eigenvalue weighted by atomic mass is 10.1. The summed E-state index contributed by atoms with van der Waals surface area (Å²) < 4.78 is 5.44. The van der Waals surface area contributed by atoms with Crippen LogP contribution >= 0.6 is 12.2 Å². The van der Waals surface area contributed by atoms with Gasteiger partial charge in [-0.25, -0.2) is 0 Å². The lowest BCUT2D eigenvalue weighted by molar-refractivity contribution is 0.248. The van der Waals surface area contributed by atoms with Crippen LogP contribution in [0.2, 0.25) is 0 Å². The zero-order valence-corrected chi connectivity index (χ0v) is 9.83. The van der Waals surface area contributed by atoms with Crippen molar-refractivity contribution in [1.82, 2.24) is 0 Å². The molecule has 1 heterocycles. The number of nitrogens with two attached hydrogens (primary N) is 1. The average molecular weight is 248 g/mol. The monoisotopic (exact) mass is 248 g/mol. The summed E-state index contributed by atoms with van der Waals surface area (Å²) in [7, 11) is 0. The third-order valence-electron chi connectivity index (χ3n) is 2.23. The number of rotatable bonds is 3. The second-order valence-corrected chi connectivity index (χ2v) is 3.93. The minimum atomic E-state index is -0.106. The van der Waals surface area contributed by atoms with Gasteiger partial charge in [0, 0.05) is 11.3 Å². The number of furan rings is 1. The Hall–Kier alpha value is -1.85. The number of hydrogen-bond donors (Lipinski definition) is 3. The molecule has 0 aliphatic carbocycles. The maximum Gasteiger partial charge on any atom is 0.168 e. The molecule has 4 N–H and O–H groups in total. The van der Waals surface area contributed by atoms with Crippen molar-refractivity contribution in [1.29, 1.82) is 0 Å². The van der Waals surface area contributed by atoms with Gasteiger partial charge in [0.1, 0.15) is 18.1 Å². The van der Waals surface area contributed by atoms with Crippen LogP contribution in [0.1, 0.15) is 5.76 Å². The van der Waals surface area contributed by atoms with Gasteiger partial charge in [-0.2, -0.15) is 0 Å². The smallest absolute Gasteiger partial charge is 0.168 e. The first-order chi connectivity index (χ1) is 8.19. The van der Waals surface area contributed by atoms with Crippen molar-refractivity contribution in [3.63, 3.8) is 0 Å². The average Bonchev–Trinajstić information content (AvgIpc) is 2.77. The highest BCUT2D eigenvalue weighted by atomic mass is 32.1. The molecule has 88 valence electrons. The molecule has 0 amide bonds. The lowest BCUT2D eigenvalue weighted by Gasteiger charge is -2.05. The molecular formula is C12H12N2O2S. The summed E-state index contributed by atoms with van der Waals surface area (Å²) in [5.41, 5.74) is 7.10. The van der Waals surface area contributed by atoms with E-state index in [-0.39, 0.29) is 11.7 Å². The van der Waals surface area contributed by atoms with E-state index in [4.69, 9.17) is 27.5 Å². The number of benzene rings is 1. The molecule has 4 nitrogen and oxygen atoms in total. The van der Waals surface area contributed by atoms with E-state index >= 15 is 0 Å². The Kier molecular flexibility index (Phi) is 3.41. The van der Waals surface area contributed by atoms with Crippen molar-refractivity contribution >= 4 is 23.0 Å². The van der Waals surface area contributed by atoms with E-state index in [0.29, 0.717) is 11.5 Å². The van der Waals surface area contributed by atoms with E-state index < -0.39 is 0 Å². The maximum absolute atomic E-state index is 8.93. The van der Waals surface area contributed by atoms with E-state index in [1.165, 1.54) is 0 Å². The van der Waals surface area contributed by atoms with E-state index in [0.717, 1.165) is 11.3 Å². The van der Waals surface area contributed by atoms with Crippen LogP contribution in [0.4, 0.5) is 5.69 Å². The van der Waals surface area contributed by atoms with Crippen LogP contribution in [0.15, 0.2) is 40.8 Å². The molecule has 2 rings (SSSR count). The number of anilines is 1. The molecule has 2 aromatic rings. The summed E-state index contributed by atoms with van der Waals surface area (Å²) in [5.74, 6) is 1.23. The fourth-order valence-electron chi connectivity index (χ4n) is 1.51. The molecule has 1 aromatic heterocycles. The minimum absolute atomic E-state index is 0.106. The van der Waals surface area contributed by atoms with Gasteiger partial charge in [-0.15, -0.1) is 0 Å². The van der Waals surface area contributed by atoms with Gasteiger partial charge >= 0.3 is 0 Å². The third-order valence-corrected chi connectivity index (χ3v) is 2.33. The summed E-state index contributed by atoms with van der Waals surface area (Å²) in [6, 6.07) is 11.1. The molecule has 5 heteroatoms. The maximum atomic E-state index is 8.93. The van der Waals surface area contributed by atoms with Crippen LogP contribution in [0, 0.1) is 0 Å². The standard InChI is InChI=1S/C12H12N2O2S/c13-12(17)14-9-3-1-2-8(6-9)11-5-4-10(7-15)16-11/h1-6,15H,7H2,(H3,13,14,17). The topological polar surface area (TPSA) is 71.4 Å². The van der Waals surface area contributed by atoms with Crippen molar-refractivity contribution in [2.24, 2.45) is 5.73 Å². The van der Waals surface area contributed by atoms with Crippen LogP contribution in [-0.4, -0.2) is 10.2 Å². The van der Waals surface area contributed by atoms with E-state index in [2.05, 4.69) is 5.32 Å². The van der Waals surface area contributed by atoms with Crippen LogP contribution in [0.25, 0.3) is 11.3 Å². The molecule has 1 aromatic carbocycles. The largest absolute Gasteiger partial charge is 0.459 e. The molecular weight excluding hydrogens is 236 g/mol. The Labute approximate surface area is 104 Å². The zero-order valence-electron chi connectivity index (χ0n) is 9.01. The Bertz CT molecular complexity index is 537. The Balaban J connectivity index is 2.29. The van der Waals surface area contributed by atoms with E-state index in [9.17, 15) is 0 Å². The van der Waals surface area contributed by atoms with Crippen molar-refractivity contribution < 1.29 is 9.52 Å². The molecule has 0 atom stereocenters. The second kappa shape index (κ2) is 4.99. The van der Waals surface area contributed by atoms with Gasteiger partial charge in [0.15, 0.2) is 5.11 Å². The molecule has 0 bridgehead atoms. The van der Waals surface area contributed by atoms with Crippen LogP contribution < -0.4 is 11.1 Å². The summed E-state index contributed by atoms with van der Waals surface area (Å²) in [4.78, 5) is 0. The van der Waals surface area contributed by atoms with Gasteiger partial charge in [-0.3, -0.25) is 0 Å². The number of aliphatic hydroxyl groups excluding tert-OH is 1. The predicted molar refractivity (Wildman–Crippen MR) is 70.5 cm³/mol. The van der Waals surface area contributed by atoms with Gasteiger partial charge in [-0.05, 0) is 36.5 Å². The van der Waals surface area contributed by atoms with Gasteiger partial charge in [-0.1, -0.05) is 12.1 Å². The van der Waals surface area contributed by atoms with Crippen molar-refractivity contribution in [2.75, 3.05) is 5.32 Å². The van der Waals surface area contributed by atoms with E-state index in [1.54, 1.807) is 6.07 Å². The van der Waals surface area contributed by atoms with Crippen LogP contribution in [0.3, 0.4) is 0 Å². The number of thiocarbonyl (C=S) groups is 1. The fourth-order valence-corrected chi connectivity index (χ4v) is 1.63. The van der Waals surface area contributed by atoms with Crippen LogP contribution in [0.5, 0.6) is 0 Å². The van der Waals surface area contributed by atoms with Crippen LogP contribution in [-0.2, 0) is 6.61 Å². The van der Waals surface area contributed by atoms with E-state index in [1.807, 2.05) is 30.3 Å². The SMILES string of the molecule is NC(=S)Nc1cccc(-c2ccc(CO)o2)c1. The van der Waals surface area contributed by atoms with Gasteiger partial charge in [0.25, 0.3) is 0 Å². The fraction of sp³-hybridized carbons (Fsp3) is 0.0833. The first-order valence-electron chi connectivity index (χ1n) is 5.05. The first-order valence-corrected chi connectivity index (χ1v) is 5.46. The number of aliphatic hydroxyl groups is 1. The highest BCUT2D eigenvalue weighted by Gasteiger charge is 2.04. The predicted octanol–water partition coefficient (Wildman–Crippen LogP) is 2.09. The van der Waals surface area contributed by atoms with Crippen molar-refractivity contribution in [3.05, 3.63) is 42.2 Å². The molecule has 0 saturated heterocycles. The summed E-state index contributed by atoms with van der Waals surface area (Å²) in [6.07, 6.45) is 0. The third kappa shape index (κ3) is 2.83. The summed E-state index contributed by atoms with van der Waals surface area (Å²) in [5, 5.41) is 12.0. The molecule has 0 aliphatic rings. The Morgan fingerprint density at radius 2 is 2.18 bits per heavy atom. The van der Waals surface area contributed by atoms with Gasteiger partial charge in [0.05, 0.1) is 0 Å². The quantitative estimate of drug-likeness (QED) is 0.725. The molecule has 0 spiro atoms. The highest BCUT2D eigenvalue weighted by molar-refractivity contribution is 7.80. The molecule has 0 fully saturated rings.